The first-order valence-electron chi connectivity index (χ1n) is 10.8. The maximum absolute atomic E-state index is 9.45. The number of pyridine rings is 1. The van der Waals surface area contributed by atoms with E-state index in [-0.39, 0.29) is 18.7 Å². The summed E-state index contributed by atoms with van der Waals surface area (Å²) in [6, 6.07) is 14.8. The molecule has 6 heteroatoms. The van der Waals surface area contributed by atoms with Crippen LogP contribution in [-0.4, -0.2) is 37.8 Å². The Labute approximate surface area is 189 Å². The van der Waals surface area contributed by atoms with Gasteiger partial charge in [-0.2, -0.15) is 0 Å². The van der Waals surface area contributed by atoms with E-state index in [0.717, 1.165) is 5.69 Å². The fraction of sp³-hybridized carbons (Fsp3) is 0.360. The molecule has 1 fully saturated rings. The van der Waals surface area contributed by atoms with Crippen LogP contribution >= 0.6 is 12.2 Å². The number of aryl methyl sites for hydroxylation is 3. The number of aliphatic hydroxyl groups is 1. The maximum atomic E-state index is 9.45. The molecule has 0 aliphatic carbocycles. The standard InChI is InChI=1S/C25H30N4OS/c1-16-9-10-17(2)22(14-16)29-18(3)15-20(19(29)4)24-23(21-8-5-6-11-26-21)27-25(31)28(24)12-7-13-30/h5-6,8-11,14-15,23-24,30H,7,12-13H2,1-4H3,(H,27,31). The van der Waals surface area contributed by atoms with E-state index in [9.17, 15) is 5.11 Å². The Morgan fingerprint density at radius 2 is 1.90 bits per heavy atom. The van der Waals surface area contributed by atoms with Gasteiger partial charge in [-0.3, -0.25) is 4.98 Å². The second-order valence-electron chi connectivity index (χ2n) is 8.35. The number of hydrogen-bond donors (Lipinski definition) is 2. The molecule has 2 N–H and O–H groups in total. The summed E-state index contributed by atoms with van der Waals surface area (Å²) in [6.07, 6.45) is 2.50. The maximum Gasteiger partial charge on any atom is 0.170 e. The number of benzene rings is 1. The molecule has 31 heavy (non-hydrogen) atoms. The number of hydrogen-bond acceptors (Lipinski definition) is 3. The van der Waals surface area contributed by atoms with Crippen LogP contribution in [0.5, 0.6) is 0 Å². The van der Waals surface area contributed by atoms with Crippen molar-refractivity contribution in [2.75, 3.05) is 13.2 Å². The largest absolute Gasteiger partial charge is 0.396 e. The lowest BCUT2D eigenvalue weighted by Gasteiger charge is -2.28. The highest BCUT2D eigenvalue weighted by atomic mass is 32.1. The molecule has 0 saturated carbocycles. The van der Waals surface area contributed by atoms with Crippen molar-refractivity contribution >= 4 is 17.3 Å². The number of aliphatic hydroxyl groups excluding tert-OH is 1. The molecule has 0 bridgehead atoms. The van der Waals surface area contributed by atoms with Gasteiger partial charge in [-0.05, 0) is 87.3 Å². The van der Waals surface area contributed by atoms with Crippen molar-refractivity contribution in [3.8, 4) is 5.69 Å². The SMILES string of the molecule is Cc1ccc(C)c(-n2c(C)cc(C3C(c4ccccn4)NC(=S)N3CCCO)c2C)c1. The molecular weight excluding hydrogens is 404 g/mol. The fourth-order valence-electron chi connectivity index (χ4n) is 4.64. The third kappa shape index (κ3) is 3.98. The minimum Gasteiger partial charge on any atom is -0.396 e. The molecule has 0 radical (unpaired) electrons. The minimum absolute atomic E-state index is 0.0130. The Bertz CT molecular complexity index is 1090. The summed E-state index contributed by atoms with van der Waals surface area (Å²) < 4.78 is 2.35. The van der Waals surface area contributed by atoms with Crippen LogP contribution in [-0.2, 0) is 0 Å². The van der Waals surface area contributed by atoms with Crippen molar-refractivity contribution in [2.24, 2.45) is 0 Å². The molecule has 1 aliphatic heterocycles. The number of rotatable bonds is 6. The summed E-state index contributed by atoms with van der Waals surface area (Å²) in [5.41, 5.74) is 8.31. The lowest BCUT2D eigenvalue weighted by Crippen LogP contribution is -2.31. The number of nitrogens with zero attached hydrogens (tertiary/aromatic N) is 3. The van der Waals surface area contributed by atoms with Crippen LogP contribution < -0.4 is 5.32 Å². The lowest BCUT2D eigenvalue weighted by atomic mass is 9.96. The van der Waals surface area contributed by atoms with E-state index in [2.05, 4.69) is 71.7 Å². The van der Waals surface area contributed by atoms with E-state index in [1.165, 1.54) is 33.8 Å². The Morgan fingerprint density at radius 3 is 2.61 bits per heavy atom. The van der Waals surface area contributed by atoms with Gasteiger partial charge in [0, 0.05) is 36.4 Å². The van der Waals surface area contributed by atoms with Crippen LogP contribution in [0.1, 0.15) is 52.3 Å². The zero-order valence-corrected chi connectivity index (χ0v) is 19.4. The van der Waals surface area contributed by atoms with Crippen molar-refractivity contribution in [2.45, 2.75) is 46.2 Å². The molecule has 1 aromatic carbocycles. The van der Waals surface area contributed by atoms with Crippen molar-refractivity contribution in [3.05, 3.63) is 82.4 Å². The zero-order chi connectivity index (χ0) is 22.1. The minimum atomic E-state index is -0.0417. The molecule has 3 heterocycles. The highest BCUT2D eigenvalue weighted by molar-refractivity contribution is 7.80. The van der Waals surface area contributed by atoms with E-state index in [1.807, 2.05) is 24.4 Å². The van der Waals surface area contributed by atoms with Crippen LogP contribution in [0.4, 0.5) is 0 Å². The van der Waals surface area contributed by atoms with E-state index < -0.39 is 0 Å². The Kier molecular flexibility index (Phi) is 6.12. The molecule has 5 nitrogen and oxygen atoms in total. The number of thiocarbonyl (C=S) groups is 1. The van der Waals surface area contributed by atoms with E-state index in [1.54, 1.807) is 0 Å². The molecule has 2 atom stereocenters. The van der Waals surface area contributed by atoms with E-state index >= 15 is 0 Å². The molecule has 1 aliphatic rings. The number of aromatic nitrogens is 2. The number of nitrogens with one attached hydrogen (secondary N) is 1. The highest BCUT2D eigenvalue weighted by Crippen LogP contribution is 2.41. The summed E-state index contributed by atoms with van der Waals surface area (Å²) in [7, 11) is 0. The molecule has 162 valence electrons. The van der Waals surface area contributed by atoms with Gasteiger partial charge in [-0.1, -0.05) is 18.2 Å². The average molecular weight is 435 g/mol. The molecule has 2 aromatic heterocycles. The van der Waals surface area contributed by atoms with Gasteiger partial charge < -0.3 is 19.9 Å². The van der Waals surface area contributed by atoms with Gasteiger partial charge in [0.05, 0.1) is 17.8 Å². The highest BCUT2D eigenvalue weighted by Gasteiger charge is 2.41. The smallest absolute Gasteiger partial charge is 0.170 e. The van der Waals surface area contributed by atoms with Gasteiger partial charge in [0.25, 0.3) is 0 Å². The van der Waals surface area contributed by atoms with Crippen molar-refractivity contribution in [1.82, 2.24) is 19.8 Å². The first-order valence-corrected chi connectivity index (χ1v) is 11.2. The van der Waals surface area contributed by atoms with Gasteiger partial charge in [0.15, 0.2) is 5.11 Å². The van der Waals surface area contributed by atoms with Crippen LogP contribution in [0.25, 0.3) is 5.69 Å². The third-order valence-corrected chi connectivity index (χ3v) is 6.50. The van der Waals surface area contributed by atoms with Crippen LogP contribution in [0.15, 0.2) is 48.7 Å². The van der Waals surface area contributed by atoms with E-state index in [4.69, 9.17) is 12.2 Å². The van der Waals surface area contributed by atoms with Crippen LogP contribution in [0, 0.1) is 27.7 Å². The van der Waals surface area contributed by atoms with Gasteiger partial charge >= 0.3 is 0 Å². The van der Waals surface area contributed by atoms with E-state index in [0.29, 0.717) is 18.1 Å². The van der Waals surface area contributed by atoms with Gasteiger partial charge in [0.1, 0.15) is 0 Å². The van der Waals surface area contributed by atoms with Gasteiger partial charge in [-0.25, -0.2) is 0 Å². The fourth-order valence-corrected chi connectivity index (χ4v) is 4.98. The third-order valence-electron chi connectivity index (χ3n) is 6.15. The Balaban J connectivity index is 1.84. The summed E-state index contributed by atoms with van der Waals surface area (Å²) in [5, 5.41) is 13.7. The van der Waals surface area contributed by atoms with Crippen molar-refractivity contribution in [1.29, 1.82) is 0 Å². The lowest BCUT2D eigenvalue weighted by molar-refractivity contribution is 0.247. The summed E-state index contributed by atoms with van der Waals surface area (Å²) >= 11 is 5.72. The summed E-state index contributed by atoms with van der Waals surface area (Å²) in [6.45, 7) is 9.47. The van der Waals surface area contributed by atoms with Crippen molar-refractivity contribution < 1.29 is 5.11 Å². The normalized spacial score (nSPS) is 18.5. The van der Waals surface area contributed by atoms with Crippen LogP contribution in [0.3, 0.4) is 0 Å². The summed E-state index contributed by atoms with van der Waals surface area (Å²) in [4.78, 5) is 6.83. The molecule has 3 aromatic rings. The van der Waals surface area contributed by atoms with Crippen molar-refractivity contribution in [3.63, 3.8) is 0 Å². The quantitative estimate of drug-likeness (QED) is 0.561. The monoisotopic (exact) mass is 434 g/mol. The Morgan fingerprint density at radius 1 is 1.10 bits per heavy atom. The van der Waals surface area contributed by atoms with Crippen LogP contribution in [0.2, 0.25) is 0 Å². The predicted molar refractivity (Wildman–Crippen MR) is 129 cm³/mol. The second kappa shape index (κ2) is 8.81. The molecule has 2 unspecified atom stereocenters. The Hall–Kier alpha value is -2.70. The molecule has 0 spiro atoms. The second-order valence-corrected chi connectivity index (χ2v) is 8.74. The summed E-state index contributed by atoms with van der Waals surface area (Å²) in [5.74, 6) is 0. The molecule has 0 amide bonds. The van der Waals surface area contributed by atoms with Gasteiger partial charge in [-0.15, -0.1) is 0 Å². The predicted octanol–water partition coefficient (Wildman–Crippen LogP) is 4.46. The first kappa shape index (κ1) is 21.5. The molecule has 1 saturated heterocycles. The molecular formula is C25H30N4OS. The zero-order valence-electron chi connectivity index (χ0n) is 18.6. The van der Waals surface area contributed by atoms with Gasteiger partial charge in [0.2, 0.25) is 0 Å². The topological polar surface area (TPSA) is 53.3 Å². The average Bonchev–Trinajstić information content (AvgIpc) is 3.24. The first-order chi connectivity index (χ1) is 14.9. The molecule has 4 rings (SSSR count).